The molecule has 9 heteroatoms. The predicted octanol–water partition coefficient (Wildman–Crippen LogP) is 2.60. The average molecular weight is 464 g/mol. The van der Waals surface area contributed by atoms with Gasteiger partial charge in [-0.3, -0.25) is 24.5 Å². The number of hydrogen-bond acceptors (Lipinski definition) is 6. The van der Waals surface area contributed by atoms with Gasteiger partial charge in [-0.25, -0.2) is 0 Å². The maximum atomic E-state index is 12.8. The summed E-state index contributed by atoms with van der Waals surface area (Å²) in [4.78, 5) is 51.2. The highest BCUT2D eigenvalue weighted by Crippen LogP contribution is 2.33. The third kappa shape index (κ3) is 3.84. The number of amides is 4. The first-order valence-corrected chi connectivity index (χ1v) is 11.4. The molecule has 1 unspecified atom stereocenters. The Morgan fingerprint density at radius 1 is 1.21 bits per heavy atom. The van der Waals surface area contributed by atoms with E-state index in [-0.39, 0.29) is 24.1 Å². The molecule has 2 aliphatic rings. The minimum Gasteiger partial charge on any atom is -0.496 e. The maximum Gasteiger partial charge on any atom is 0.261 e. The van der Waals surface area contributed by atoms with E-state index in [1.54, 1.807) is 19.2 Å². The van der Waals surface area contributed by atoms with Crippen LogP contribution < -0.4 is 15.4 Å². The van der Waals surface area contributed by atoms with Crippen molar-refractivity contribution in [2.45, 2.75) is 32.0 Å². The summed E-state index contributed by atoms with van der Waals surface area (Å²) in [6.45, 7) is 0.614. The van der Waals surface area contributed by atoms with E-state index in [1.165, 1.54) is 16.2 Å². The lowest BCUT2D eigenvalue weighted by Crippen LogP contribution is -2.52. The molecule has 8 nitrogen and oxygen atoms in total. The van der Waals surface area contributed by atoms with E-state index in [0.29, 0.717) is 30.0 Å². The number of carbonyl (C=O) groups is 4. The van der Waals surface area contributed by atoms with Crippen molar-refractivity contribution in [3.05, 3.63) is 64.0 Å². The molecular weight excluding hydrogens is 442 g/mol. The van der Waals surface area contributed by atoms with Gasteiger partial charge in [-0.05, 0) is 41.8 Å². The number of ether oxygens (including phenoxy) is 1. The number of thiophene rings is 1. The van der Waals surface area contributed by atoms with Crippen LogP contribution in [0.25, 0.3) is 10.1 Å². The van der Waals surface area contributed by atoms with Crippen LogP contribution in [0.3, 0.4) is 0 Å². The lowest BCUT2D eigenvalue weighted by molar-refractivity contribution is -0.136. The van der Waals surface area contributed by atoms with Gasteiger partial charge in [-0.15, -0.1) is 11.3 Å². The zero-order chi connectivity index (χ0) is 23.1. The molecule has 5 rings (SSSR count). The summed E-state index contributed by atoms with van der Waals surface area (Å²) in [6, 6.07) is 12.3. The van der Waals surface area contributed by atoms with E-state index in [9.17, 15) is 19.2 Å². The van der Waals surface area contributed by atoms with Crippen LogP contribution in [0.4, 0.5) is 0 Å². The highest BCUT2D eigenvalue weighted by Gasteiger charge is 2.39. The Hall–Kier alpha value is -3.72. The fourth-order valence-electron chi connectivity index (χ4n) is 4.33. The van der Waals surface area contributed by atoms with Gasteiger partial charge in [0.2, 0.25) is 11.8 Å². The van der Waals surface area contributed by atoms with Crippen molar-refractivity contribution < 1.29 is 23.9 Å². The molecule has 0 aliphatic carbocycles. The van der Waals surface area contributed by atoms with Crippen molar-refractivity contribution in [2.24, 2.45) is 0 Å². The van der Waals surface area contributed by atoms with Gasteiger partial charge in [0.15, 0.2) is 0 Å². The molecular formula is C24H21N3O5S. The van der Waals surface area contributed by atoms with Crippen LogP contribution in [0.15, 0.2) is 42.5 Å². The molecule has 2 aromatic carbocycles. The molecule has 1 atom stereocenters. The van der Waals surface area contributed by atoms with Gasteiger partial charge in [0.05, 0.1) is 12.0 Å². The second-order valence-electron chi connectivity index (χ2n) is 8.06. The number of carbonyl (C=O) groups excluding carboxylic acids is 4. The SMILES string of the molecule is COc1cccc2sc(C(=O)NCc3ccc4c(c3)CN(C3CCC(=O)NC3=O)C4=O)cc12. The number of piperidine rings is 1. The number of nitrogens with zero attached hydrogens (tertiary/aromatic N) is 1. The number of nitrogens with one attached hydrogen (secondary N) is 2. The fraction of sp³-hybridized carbons (Fsp3) is 0.250. The Morgan fingerprint density at radius 3 is 2.85 bits per heavy atom. The quantitative estimate of drug-likeness (QED) is 0.566. The first-order valence-electron chi connectivity index (χ1n) is 10.6. The van der Waals surface area contributed by atoms with Gasteiger partial charge in [0.25, 0.3) is 11.8 Å². The summed E-state index contributed by atoms with van der Waals surface area (Å²) in [5, 5.41) is 6.14. The van der Waals surface area contributed by atoms with Crippen molar-refractivity contribution in [3.8, 4) is 5.75 Å². The average Bonchev–Trinajstić information content (AvgIpc) is 3.39. The molecule has 1 aromatic heterocycles. The topological polar surface area (TPSA) is 105 Å². The molecule has 0 bridgehead atoms. The third-order valence-corrected chi connectivity index (χ3v) is 7.11. The van der Waals surface area contributed by atoms with E-state index in [1.807, 2.05) is 30.3 Å². The summed E-state index contributed by atoms with van der Waals surface area (Å²) in [5.74, 6) is -0.406. The van der Waals surface area contributed by atoms with Crippen molar-refractivity contribution in [3.63, 3.8) is 0 Å². The lowest BCUT2D eigenvalue weighted by Gasteiger charge is -2.29. The first kappa shape index (κ1) is 21.1. The van der Waals surface area contributed by atoms with Gasteiger partial charge >= 0.3 is 0 Å². The van der Waals surface area contributed by atoms with Crippen LogP contribution in [0.2, 0.25) is 0 Å². The molecule has 4 amide bonds. The van der Waals surface area contributed by atoms with Gasteiger partial charge in [-0.1, -0.05) is 18.2 Å². The summed E-state index contributed by atoms with van der Waals surface area (Å²) >= 11 is 1.40. The third-order valence-electron chi connectivity index (χ3n) is 6.01. The molecule has 0 spiro atoms. The Bertz CT molecular complexity index is 1310. The van der Waals surface area contributed by atoms with Crippen LogP contribution in [0.1, 0.15) is 44.0 Å². The summed E-state index contributed by atoms with van der Waals surface area (Å²) < 4.78 is 6.34. The van der Waals surface area contributed by atoms with Crippen LogP contribution in [-0.2, 0) is 22.7 Å². The van der Waals surface area contributed by atoms with Gasteiger partial charge in [0, 0.05) is 35.2 Å². The highest BCUT2D eigenvalue weighted by molar-refractivity contribution is 7.20. The highest BCUT2D eigenvalue weighted by atomic mass is 32.1. The lowest BCUT2D eigenvalue weighted by atomic mass is 10.0. The first-order chi connectivity index (χ1) is 15.9. The molecule has 3 heterocycles. The Labute approximate surface area is 193 Å². The fourth-order valence-corrected chi connectivity index (χ4v) is 5.33. The Kier molecular flexibility index (Phi) is 5.33. The predicted molar refractivity (Wildman–Crippen MR) is 122 cm³/mol. The summed E-state index contributed by atoms with van der Waals surface area (Å²) in [5.41, 5.74) is 2.22. The van der Waals surface area contributed by atoms with E-state index in [0.717, 1.165) is 27.0 Å². The van der Waals surface area contributed by atoms with Crippen molar-refractivity contribution in [1.29, 1.82) is 0 Å². The summed E-state index contributed by atoms with van der Waals surface area (Å²) in [6.07, 6.45) is 0.546. The van der Waals surface area contributed by atoms with Crippen LogP contribution in [-0.4, -0.2) is 41.7 Å². The number of hydrogen-bond donors (Lipinski definition) is 2. The molecule has 0 saturated carbocycles. The minimum atomic E-state index is -0.643. The molecule has 2 N–H and O–H groups in total. The van der Waals surface area contributed by atoms with Gasteiger partial charge in [-0.2, -0.15) is 0 Å². The molecule has 1 saturated heterocycles. The number of methoxy groups -OCH3 is 1. The normalized spacial score (nSPS) is 17.8. The number of fused-ring (bicyclic) bond motifs is 2. The van der Waals surface area contributed by atoms with Gasteiger partial charge < -0.3 is 15.0 Å². The second kappa shape index (κ2) is 8.32. The monoisotopic (exact) mass is 463 g/mol. The van der Waals surface area contributed by atoms with Crippen LogP contribution in [0.5, 0.6) is 5.75 Å². The minimum absolute atomic E-state index is 0.181. The zero-order valence-electron chi connectivity index (χ0n) is 17.8. The smallest absolute Gasteiger partial charge is 0.261 e. The largest absolute Gasteiger partial charge is 0.496 e. The standard InChI is InChI=1S/C24H21N3O5S/c1-32-18-3-2-4-19-16(18)10-20(33-19)23(30)25-11-13-5-6-15-14(9-13)12-27(24(15)31)17-7-8-21(28)26-22(17)29/h2-6,9-10,17H,7-8,11-12H2,1H3,(H,25,30)(H,26,28,29). The Morgan fingerprint density at radius 2 is 2.06 bits per heavy atom. The number of rotatable bonds is 5. The molecule has 3 aromatic rings. The molecule has 168 valence electrons. The van der Waals surface area contributed by atoms with Crippen LogP contribution in [0, 0.1) is 0 Å². The molecule has 0 radical (unpaired) electrons. The Balaban J connectivity index is 1.27. The summed E-state index contributed by atoms with van der Waals surface area (Å²) in [7, 11) is 1.60. The number of benzene rings is 2. The van der Waals surface area contributed by atoms with Crippen LogP contribution >= 0.6 is 11.3 Å². The van der Waals surface area contributed by atoms with E-state index in [2.05, 4.69) is 10.6 Å². The van der Waals surface area contributed by atoms with Gasteiger partial charge in [0.1, 0.15) is 11.8 Å². The van der Waals surface area contributed by atoms with Crippen molar-refractivity contribution >= 4 is 45.1 Å². The van der Waals surface area contributed by atoms with E-state index < -0.39 is 11.9 Å². The zero-order valence-corrected chi connectivity index (χ0v) is 18.7. The molecule has 2 aliphatic heterocycles. The van der Waals surface area contributed by atoms with Crippen molar-refractivity contribution in [2.75, 3.05) is 7.11 Å². The second-order valence-corrected chi connectivity index (χ2v) is 9.14. The maximum absolute atomic E-state index is 12.8. The van der Waals surface area contributed by atoms with Crippen molar-refractivity contribution in [1.82, 2.24) is 15.5 Å². The number of imide groups is 1. The van der Waals surface area contributed by atoms with E-state index >= 15 is 0 Å². The molecule has 1 fully saturated rings. The molecule has 33 heavy (non-hydrogen) atoms. The van der Waals surface area contributed by atoms with E-state index in [4.69, 9.17) is 4.74 Å².